The molecule has 19 heavy (non-hydrogen) atoms. The van der Waals surface area contributed by atoms with Gasteiger partial charge >= 0.3 is 0 Å². The molecule has 0 aromatic heterocycles. The molecule has 0 amide bonds. The first-order valence-electron chi connectivity index (χ1n) is 6.39. The van der Waals surface area contributed by atoms with E-state index in [9.17, 15) is 8.42 Å². The van der Waals surface area contributed by atoms with Crippen LogP contribution in [0.1, 0.15) is 24.1 Å². The molecule has 0 spiro atoms. The van der Waals surface area contributed by atoms with E-state index in [-0.39, 0.29) is 6.04 Å². The highest BCUT2D eigenvalue weighted by Crippen LogP contribution is 2.27. The van der Waals surface area contributed by atoms with Gasteiger partial charge in [0.25, 0.3) is 0 Å². The highest BCUT2D eigenvalue weighted by atomic mass is 32.2. The van der Waals surface area contributed by atoms with Crippen molar-refractivity contribution in [1.29, 1.82) is 0 Å². The standard InChI is InChI=1S/C13H20N2O3S/c1-10(14-6-7-15-19(2,16)17)11-3-4-13-12(9-11)5-8-18-13/h3-4,9-10,14-15H,5-8H2,1-2H3. The Kier molecular flexibility index (Phi) is 4.44. The summed E-state index contributed by atoms with van der Waals surface area (Å²) in [7, 11) is -3.10. The van der Waals surface area contributed by atoms with E-state index < -0.39 is 10.0 Å². The number of hydrogen-bond donors (Lipinski definition) is 2. The smallest absolute Gasteiger partial charge is 0.208 e. The lowest BCUT2D eigenvalue weighted by Gasteiger charge is -2.15. The minimum atomic E-state index is -3.10. The SMILES string of the molecule is CC(NCCNS(C)(=O)=O)c1ccc2c(c1)CCO2. The minimum absolute atomic E-state index is 0.187. The summed E-state index contributed by atoms with van der Waals surface area (Å²) in [6.07, 6.45) is 2.13. The Balaban J connectivity index is 1.85. The van der Waals surface area contributed by atoms with E-state index in [0.29, 0.717) is 13.1 Å². The molecule has 1 aliphatic rings. The van der Waals surface area contributed by atoms with E-state index >= 15 is 0 Å². The molecule has 0 saturated heterocycles. The Morgan fingerprint density at radius 1 is 1.37 bits per heavy atom. The quantitative estimate of drug-likeness (QED) is 0.759. The second kappa shape index (κ2) is 5.90. The highest BCUT2D eigenvalue weighted by molar-refractivity contribution is 7.88. The van der Waals surface area contributed by atoms with Crippen LogP contribution in [-0.2, 0) is 16.4 Å². The summed E-state index contributed by atoms with van der Waals surface area (Å²) < 4.78 is 29.8. The Labute approximate surface area is 114 Å². The first kappa shape index (κ1) is 14.3. The largest absolute Gasteiger partial charge is 0.493 e. The van der Waals surface area contributed by atoms with E-state index in [1.165, 1.54) is 11.1 Å². The molecule has 1 atom stereocenters. The average Bonchev–Trinajstić information content (AvgIpc) is 2.80. The molecule has 2 N–H and O–H groups in total. The maximum atomic E-state index is 10.9. The van der Waals surface area contributed by atoms with Crippen LogP contribution in [0, 0.1) is 0 Å². The molecule has 6 heteroatoms. The van der Waals surface area contributed by atoms with Gasteiger partial charge in [-0.2, -0.15) is 0 Å². The van der Waals surface area contributed by atoms with Gasteiger partial charge in [-0.1, -0.05) is 12.1 Å². The van der Waals surface area contributed by atoms with Crippen molar-refractivity contribution in [3.05, 3.63) is 29.3 Å². The molecular weight excluding hydrogens is 264 g/mol. The van der Waals surface area contributed by atoms with Gasteiger partial charge in [0.2, 0.25) is 10.0 Å². The van der Waals surface area contributed by atoms with Crippen LogP contribution in [0.2, 0.25) is 0 Å². The molecule has 0 saturated carbocycles. The Bertz CT molecular complexity index is 543. The lowest BCUT2D eigenvalue weighted by molar-refractivity contribution is 0.356. The highest BCUT2D eigenvalue weighted by Gasteiger charge is 2.14. The molecule has 1 aromatic rings. The zero-order chi connectivity index (χ0) is 13.9. The number of fused-ring (bicyclic) bond motifs is 1. The molecule has 5 nitrogen and oxygen atoms in total. The van der Waals surface area contributed by atoms with Crippen molar-refractivity contribution < 1.29 is 13.2 Å². The molecular formula is C13H20N2O3S. The summed E-state index contributed by atoms with van der Waals surface area (Å²) in [6.45, 7) is 3.83. The van der Waals surface area contributed by atoms with Crippen molar-refractivity contribution >= 4 is 10.0 Å². The molecule has 1 unspecified atom stereocenters. The number of sulfonamides is 1. The van der Waals surface area contributed by atoms with Crippen LogP contribution in [0.25, 0.3) is 0 Å². The summed E-state index contributed by atoms with van der Waals surface area (Å²) in [6, 6.07) is 6.40. The van der Waals surface area contributed by atoms with Gasteiger partial charge in [-0.15, -0.1) is 0 Å². The lowest BCUT2D eigenvalue weighted by atomic mass is 10.0. The summed E-state index contributed by atoms with van der Waals surface area (Å²) in [5, 5.41) is 3.29. The van der Waals surface area contributed by atoms with Crippen LogP contribution in [0.3, 0.4) is 0 Å². The maximum absolute atomic E-state index is 10.9. The molecule has 0 aliphatic carbocycles. The van der Waals surface area contributed by atoms with E-state index in [2.05, 4.69) is 23.0 Å². The number of hydrogen-bond acceptors (Lipinski definition) is 4. The van der Waals surface area contributed by atoms with Crippen LogP contribution >= 0.6 is 0 Å². The monoisotopic (exact) mass is 284 g/mol. The Morgan fingerprint density at radius 3 is 2.89 bits per heavy atom. The van der Waals surface area contributed by atoms with Gasteiger partial charge in [-0.05, 0) is 24.1 Å². The van der Waals surface area contributed by atoms with Gasteiger partial charge in [0, 0.05) is 25.6 Å². The van der Waals surface area contributed by atoms with E-state index in [1.807, 2.05) is 12.1 Å². The maximum Gasteiger partial charge on any atom is 0.208 e. The fourth-order valence-electron chi connectivity index (χ4n) is 2.12. The van der Waals surface area contributed by atoms with Crippen LogP contribution in [0.5, 0.6) is 5.75 Å². The third-order valence-electron chi connectivity index (χ3n) is 3.15. The van der Waals surface area contributed by atoms with Gasteiger partial charge in [0.05, 0.1) is 12.9 Å². The van der Waals surface area contributed by atoms with Gasteiger partial charge < -0.3 is 10.1 Å². The first-order chi connectivity index (χ1) is 8.96. The minimum Gasteiger partial charge on any atom is -0.493 e. The van der Waals surface area contributed by atoms with Crippen LogP contribution in [0.4, 0.5) is 0 Å². The normalized spacial score (nSPS) is 15.9. The van der Waals surface area contributed by atoms with Gasteiger partial charge in [-0.3, -0.25) is 0 Å². The number of ether oxygens (including phenoxy) is 1. The predicted octanol–water partition coefficient (Wildman–Crippen LogP) is 0.821. The topological polar surface area (TPSA) is 67.4 Å². The van der Waals surface area contributed by atoms with Crippen molar-refractivity contribution in [2.75, 3.05) is 26.0 Å². The van der Waals surface area contributed by atoms with E-state index in [4.69, 9.17) is 4.74 Å². The Hall–Kier alpha value is -1.11. The second-order valence-electron chi connectivity index (χ2n) is 4.81. The molecule has 0 radical (unpaired) electrons. The first-order valence-corrected chi connectivity index (χ1v) is 8.28. The van der Waals surface area contributed by atoms with Gasteiger partial charge in [-0.25, -0.2) is 13.1 Å². The fraction of sp³-hybridized carbons (Fsp3) is 0.538. The molecule has 0 fully saturated rings. The zero-order valence-electron chi connectivity index (χ0n) is 11.3. The number of benzene rings is 1. The molecule has 1 heterocycles. The van der Waals surface area contributed by atoms with Crippen LogP contribution in [0.15, 0.2) is 18.2 Å². The fourth-order valence-corrected chi connectivity index (χ4v) is 2.59. The van der Waals surface area contributed by atoms with Gasteiger partial charge in [0.15, 0.2) is 0 Å². The second-order valence-corrected chi connectivity index (χ2v) is 6.64. The predicted molar refractivity (Wildman–Crippen MR) is 74.9 cm³/mol. The van der Waals surface area contributed by atoms with E-state index in [0.717, 1.165) is 25.0 Å². The lowest BCUT2D eigenvalue weighted by Crippen LogP contribution is -2.32. The van der Waals surface area contributed by atoms with Crippen molar-refractivity contribution in [1.82, 2.24) is 10.0 Å². The molecule has 0 bridgehead atoms. The van der Waals surface area contributed by atoms with Crippen molar-refractivity contribution in [2.45, 2.75) is 19.4 Å². The summed E-state index contributed by atoms with van der Waals surface area (Å²) >= 11 is 0. The third-order valence-corrected chi connectivity index (χ3v) is 3.88. The van der Waals surface area contributed by atoms with Crippen molar-refractivity contribution in [3.63, 3.8) is 0 Å². The Morgan fingerprint density at radius 2 is 2.16 bits per heavy atom. The summed E-state index contributed by atoms with van der Waals surface area (Å²) in [5.41, 5.74) is 2.45. The van der Waals surface area contributed by atoms with Crippen LogP contribution < -0.4 is 14.8 Å². The van der Waals surface area contributed by atoms with Gasteiger partial charge in [0.1, 0.15) is 5.75 Å². The van der Waals surface area contributed by atoms with E-state index in [1.54, 1.807) is 0 Å². The summed E-state index contributed by atoms with van der Waals surface area (Å²) in [4.78, 5) is 0. The number of rotatable bonds is 6. The molecule has 1 aliphatic heterocycles. The molecule has 106 valence electrons. The molecule has 1 aromatic carbocycles. The summed E-state index contributed by atoms with van der Waals surface area (Å²) in [5.74, 6) is 0.981. The van der Waals surface area contributed by atoms with Crippen LogP contribution in [-0.4, -0.2) is 34.4 Å². The zero-order valence-corrected chi connectivity index (χ0v) is 12.1. The average molecular weight is 284 g/mol. The van der Waals surface area contributed by atoms with Crippen molar-refractivity contribution in [2.24, 2.45) is 0 Å². The third kappa shape index (κ3) is 4.19. The molecule has 2 rings (SSSR count). The number of nitrogens with one attached hydrogen (secondary N) is 2. The van der Waals surface area contributed by atoms with Crippen molar-refractivity contribution in [3.8, 4) is 5.75 Å².